The lowest BCUT2D eigenvalue weighted by molar-refractivity contribution is -0.128. The second-order valence-corrected chi connectivity index (χ2v) is 6.13. The maximum atomic E-state index is 12.1. The van der Waals surface area contributed by atoms with Crippen molar-refractivity contribution in [2.75, 3.05) is 39.8 Å². The van der Waals surface area contributed by atoms with Gasteiger partial charge in [0.2, 0.25) is 11.8 Å². The molecule has 1 atom stereocenters. The van der Waals surface area contributed by atoms with Gasteiger partial charge in [-0.2, -0.15) is 0 Å². The second kappa shape index (κ2) is 7.99. The average molecular weight is 331 g/mol. The molecule has 2 fully saturated rings. The number of rotatable bonds is 4. The molecule has 1 aromatic rings. The quantitative estimate of drug-likeness (QED) is 0.651. The molecule has 0 aliphatic carbocycles. The van der Waals surface area contributed by atoms with E-state index in [0.717, 1.165) is 51.4 Å². The second-order valence-electron chi connectivity index (χ2n) is 6.13. The van der Waals surface area contributed by atoms with Crippen LogP contribution in [-0.4, -0.2) is 72.5 Å². The monoisotopic (exact) mass is 331 g/mol. The Morgan fingerprint density at radius 2 is 2.17 bits per heavy atom. The molecule has 3 rings (SSSR count). The van der Waals surface area contributed by atoms with Gasteiger partial charge in [-0.1, -0.05) is 6.07 Å². The van der Waals surface area contributed by atoms with Crippen LogP contribution in [0, 0.1) is 0 Å². The lowest BCUT2D eigenvalue weighted by atomic mass is 10.3. The summed E-state index contributed by atoms with van der Waals surface area (Å²) in [7, 11) is 1.75. The molecule has 0 saturated carbocycles. The first kappa shape index (κ1) is 16.5. The fourth-order valence-electron chi connectivity index (χ4n) is 3.17. The normalized spacial score (nSPS) is 21.2. The molecule has 1 aromatic heterocycles. The van der Waals surface area contributed by atoms with Gasteiger partial charge in [0.1, 0.15) is 6.10 Å². The van der Waals surface area contributed by atoms with E-state index in [2.05, 4.69) is 20.2 Å². The average Bonchev–Trinajstić information content (AvgIpc) is 3.28. The van der Waals surface area contributed by atoms with Crippen LogP contribution in [0.15, 0.2) is 29.4 Å². The van der Waals surface area contributed by atoms with Crippen molar-refractivity contribution in [1.29, 1.82) is 0 Å². The van der Waals surface area contributed by atoms with Gasteiger partial charge in [-0.3, -0.25) is 9.79 Å². The van der Waals surface area contributed by atoms with Crippen molar-refractivity contribution in [1.82, 2.24) is 20.1 Å². The highest BCUT2D eigenvalue weighted by molar-refractivity contribution is 5.86. The summed E-state index contributed by atoms with van der Waals surface area (Å²) in [5.74, 6) is 1.56. The van der Waals surface area contributed by atoms with Crippen LogP contribution < -0.4 is 10.1 Å². The first-order valence-corrected chi connectivity index (χ1v) is 8.57. The number of pyridine rings is 1. The zero-order chi connectivity index (χ0) is 16.8. The number of likely N-dealkylation sites (tertiary alicyclic amines) is 2. The first-order chi connectivity index (χ1) is 11.8. The SMILES string of the molecule is CN=C(NCC(=O)N1CCCC1)N1CCC(Oc2ccccn2)C1. The molecular weight excluding hydrogens is 306 g/mol. The van der Waals surface area contributed by atoms with E-state index in [-0.39, 0.29) is 12.0 Å². The molecule has 0 bridgehead atoms. The van der Waals surface area contributed by atoms with E-state index in [9.17, 15) is 4.79 Å². The van der Waals surface area contributed by atoms with Gasteiger partial charge in [0.05, 0.1) is 13.1 Å². The van der Waals surface area contributed by atoms with E-state index >= 15 is 0 Å². The number of hydrogen-bond acceptors (Lipinski definition) is 4. The van der Waals surface area contributed by atoms with E-state index in [4.69, 9.17) is 4.74 Å². The number of carbonyl (C=O) groups excluding carboxylic acids is 1. The third kappa shape index (κ3) is 4.15. The van der Waals surface area contributed by atoms with E-state index < -0.39 is 0 Å². The lowest BCUT2D eigenvalue weighted by Crippen LogP contribution is -2.45. The van der Waals surface area contributed by atoms with Crippen molar-refractivity contribution in [2.45, 2.75) is 25.4 Å². The maximum absolute atomic E-state index is 12.1. The minimum absolute atomic E-state index is 0.0905. The van der Waals surface area contributed by atoms with Gasteiger partial charge in [-0.05, 0) is 18.9 Å². The predicted octanol–water partition coefficient (Wildman–Crippen LogP) is 0.732. The van der Waals surface area contributed by atoms with Crippen LogP contribution in [0.25, 0.3) is 0 Å². The minimum Gasteiger partial charge on any atom is -0.472 e. The van der Waals surface area contributed by atoms with Crippen LogP contribution in [0.3, 0.4) is 0 Å². The number of aliphatic imine (C=N–C) groups is 1. The Morgan fingerprint density at radius 3 is 2.88 bits per heavy atom. The molecule has 1 unspecified atom stereocenters. The summed E-state index contributed by atoms with van der Waals surface area (Å²) < 4.78 is 5.90. The van der Waals surface area contributed by atoms with Gasteiger partial charge in [-0.25, -0.2) is 4.98 Å². The highest BCUT2D eigenvalue weighted by Crippen LogP contribution is 2.16. The molecule has 24 heavy (non-hydrogen) atoms. The fraction of sp³-hybridized carbons (Fsp3) is 0.588. The molecule has 7 nitrogen and oxygen atoms in total. The molecule has 0 radical (unpaired) electrons. The molecule has 2 saturated heterocycles. The predicted molar refractivity (Wildman–Crippen MR) is 92.0 cm³/mol. The van der Waals surface area contributed by atoms with Crippen molar-refractivity contribution < 1.29 is 9.53 Å². The van der Waals surface area contributed by atoms with Gasteiger partial charge in [0, 0.05) is 45.4 Å². The molecular formula is C17H25N5O2. The highest BCUT2D eigenvalue weighted by Gasteiger charge is 2.27. The molecule has 0 spiro atoms. The Kier molecular flexibility index (Phi) is 5.51. The number of amides is 1. The molecule has 3 heterocycles. The fourth-order valence-corrected chi connectivity index (χ4v) is 3.17. The van der Waals surface area contributed by atoms with Crippen LogP contribution in [0.5, 0.6) is 5.88 Å². The molecule has 1 amide bonds. The van der Waals surface area contributed by atoms with Gasteiger partial charge in [0.15, 0.2) is 5.96 Å². The standard InChI is InChI=1S/C17H25N5O2/c1-18-17(20-12-16(23)21-9-4-5-10-21)22-11-7-14(13-22)24-15-6-2-3-8-19-15/h2-3,6,8,14H,4-5,7,9-13H2,1H3,(H,18,20). The van der Waals surface area contributed by atoms with Crippen LogP contribution in [0.4, 0.5) is 0 Å². The van der Waals surface area contributed by atoms with Crippen molar-refractivity contribution in [3.8, 4) is 5.88 Å². The molecule has 2 aliphatic rings. The molecule has 7 heteroatoms. The number of nitrogens with one attached hydrogen (secondary N) is 1. The zero-order valence-corrected chi connectivity index (χ0v) is 14.1. The van der Waals surface area contributed by atoms with E-state index in [0.29, 0.717) is 12.4 Å². The smallest absolute Gasteiger partial charge is 0.241 e. The van der Waals surface area contributed by atoms with Crippen LogP contribution in [-0.2, 0) is 4.79 Å². The number of guanidine groups is 1. The summed E-state index contributed by atoms with van der Waals surface area (Å²) >= 11 is 0. The topological polar surface area (TPSA) is 70.1 Å². The van der Waals surface area contributed by atoms with Crippen LogP contribution in [0.1, 0.15) is 19.3 Å². The lowest BCUT2D eigenvalue weighted by Gasteiger charge is -2.23. The summed E-state index contributed by atoms with van der Waals surface area (Å²) in [5.41, 5.74) is 0. The van der Waals surface area contributed by atoms with Crippen LogP contribution in [0.2, 0.25) is 0 Å². The van der Waals surface area contributed by atoms with Crippen molar-refractivity contribution >= 4 is 11.9 Å². The highest BCUT2D eigenvalue weighted by atomic mass is 16.5. The third-order valence-electron chi connectivity index (χ3n) is 4.44. The molecule has 130 valence electrons. The molecule has 0 aromatic carbocycles. The minimum atomic E-state index is 0.0905. The third-order valence-corrected chi connectivity index (χ3v) is 4.44. The number of ether oxygens (including phenoxy) is 1. The summed E-state index contributed by atoms with van der Waals surface area (Å²) in [6.07, 6.45) is 4.95. The van der Waals surface area contributed by atoms with Crippen molar-refractivity contribution in [2.24, 2.45) is 4.99 Å². The van der Waals surface area contributed by atoms with Gasteiger partial charge in [0.25, 0.3) is 0 Å². The van der Waals surface area contributed by atoms with E-state index in [1.54, 1.807) is 13.2 Å². The van der Waals surface area contributed by atoms with E-state index in [1.165, 1.54) is 0 Å². The van der Waals surface area contributed by atoms with Crippen LogP contribution >= 0.6 is 0 Å². The zero-order valence-electron chi connectivity index (χ0n) is 14.1. The van der Waals surface area contributed by atoms with Gasteiger partial charge in [-0.15, -0.1) is 0 Å². The maximum Gasteiger partial charge on any atom is 0.241 e. The summed E-state index contributed by atoms with van der Waals surface area (Å²) in [6, 6.07) is 5.65. The Balaban J connectivity index is 1.47. The number of carbonyl (C=O) groups is 1. The summed E-state index contributed by atoms with van der Waals surface area (Å²) in [5, 5.41) is 3.19. The summed E-state index contributed by atoms with van der Waals surface area (Å²) in [6.45, 7) is 3.66. The first-order valence-electron chi connectivity index (χ1n) is 8.57. The van der Waals surface area contributed by atoms with Crippen molar-refractivity contribution in [3.63, 3.8) is 0 Å². The Labute approximate surface area is 142 Å². The van der Waals surface area contributed by atoms with E-state index in [1.807, 2.05) is 23.1 Å². The Morgan fingerprint density at radius 1 is 1.33 bits per heavy atom. The molecule has 1 N–H and O–H groups in total. The molecule has 2 aliphatic heterocycles. The Bertz CT molecular complexity index is 572. The number of aromatic nitrogens is 1. The van der Waals surface area contributed by atoms with Gasteiger partial charge >= 0.3 is 0 Å². The largest absolute Gasteiger partial charge is 0.472 e. The Hall–Kier alpha value is -2.31. The summed E-state index contributed by atoms with van der Waals surface area (Å²) in [4.78, 5) is 24.7. The van der Waals surface area contributed by atoms with Crippen molar-refractivity contribution in [3.05, 3.63) is 24.4 Å². The number of hydrogen-bond donors (Lipinski definition) is 1. The van der Waals surface area contributed by atoms with Gasteiger partial charge < -0.3 is 19.9 Å². The number of nitrogens with zero attached hydrogens (tertiary/aromatic N) is 4.